The number of aryl methyl sites for hydroxylation is 1. The number of amides is 2. The largest absolute Gasteiger partial charge is 0.383 e. The maximum absolute atomic E-state index is 12.7. The summed E-state index contributed by atoms with van der Waals surface area (Å²) in [5.74, 6) is -0.664. The van der Waals surface area contributed by atoms with Crippen LogP contribution in [-0.2, 0) is 4.74 Å². The van der Waals surface area contributed by atoms with Crippen LogP contribution in [0.4, 0.5) is 5.69 Å². The maximum Gasteiger partial charge on any atom is 0.267 e. The summed E-state index contributed by atoms with van der Waals surface area (Å²) in [6, 6.07) is 17.2. The van der Waals surface area contributed by atoms with Gasteiger partial charge in [-0.05, 0) is 55.5 Å². The average Bonchev–Trinajstić information content (AvgIpc) is 2.75. The van der Waals surface area contributed by atoms with E-state index in [9.17, 15) is 14.4 Å². The number of nitrogens with one attached hydrogen (secondary N) is 2. The van der Waals surface area contributed by atoms with Gasteiger partial charge in [0.05, 0.1) is 6.61 Å². The van der Waals surface area contributed by atoms with E-state index in [2.05, 4.69) is 10.6 Å². The van der Waals surface area contributed by atoms with Gasteiger partial charge in [-0.1, -0.05) is 17.7 Å². The first-order valence-electron chi connectivity index (χ1n) is 9.47. The van der Waals surface area contributed by atoms with Crippen molar-refractivity contribution in [2.75, 3.05) is 25.6 Å². The number of hydrogen-bond acceptors (Lipinski definition) is 4. The van der Waals surface area contributed by atoms with E-state index in [0.717, 1.165) is 5.56 Å². The van der Waals surface area contributed by atoms with Gasteiger partial charge >= 0.3 is 0 Å². The van der Waals surface area contributed by atoms with E-state index in [0.29, 0.717) is 30.1 Å². The predicted molar refractivity (Wildman–Crippen MR) is 115 cm³/mol. The molecule has 0 saturated heterocycles. The molecule has 30 heavy (non-hydrogen) atoms. The molecule has 0 radical (unpaired) electrons. The molecular formula is C23H23N3O4. The van der Waals surface area contributed by atoms with Gasteiger partial charge in [-0.15, -0.1) is 0 Å². The fraction of sp³-hybridized carbons (Fsp3) is 0.174. The summed E-state index contributed by atoms with van der Waals surface area (Å²) in [7, 11) is 1.54. The minimum Gasteiger partial charge on any atom is -0.383 e. The first-order chi connectivity index (χ1) is 14.5. The number of ether oxygens (including phenoxy) is 1. The highest BCUT2D eigenvalue weighted by Crippen LogP contribution is 2.14. The van der Waals surface area contributed by atoms with Gasteiger partial charge in [0.2, 0.25) is 0 Å². The fourth-order valence-electron chi connectivity index (χ4n) is 2.85. The summed E-state index contributed by atoms with van der Waals surface area (Å²) in [6.45, 7) is 2.64. The molecule has 3 aromatic rings. The lowest BCUT2D eigenvalue weighted by Crippen LogP contribution is -2.33. The molecule has 0 saturated carbocycles. The molecule has 2 amide bonds. The number of nitrogens with zero attached hydrogens (tertiary/aromatic N) is 1. The maximum atomic E-state index is 12.7. The zero-order chi connectivity index (χ0) is 21.5. The van der Waals surface area contributed by atoms with Crippen molar-refractivity contribution in [3.05, 3.63) is 93.9 Å². The Morgan fingerprint density at radius 1 is 0.967 bits per heavy atom. The van der Waals surface area contributed by atoms with E-state index in [1.807, 2.05) is 19.1 Å². The van der Waals surface area contributed by atoms with Gasteiger partial charge < -0.3 is 15.4 Å². The molecule has 1 heterocycles. The molecule has 0 aliphatic rings. The van der Waals surface area contributed by atoms with Gasteiger partial charge in [-0.25, -0.2) is 0 Å². The molecule has 0 spiro atoms. The Morgan fingerprint density at radius 2 is 1.67 bits per heavy atom. The summed E-state index contributed by atoms with van der Waals surface area (Å²) in [6.07, 6.45) is 1.59. The van der Waals surface area contributed by atoms with E-state index >= 15 is 0 Å². The molecule has 7 nitrogen and oxygen atoms in total. The van der Waals surface area contributed by atoms with E-state index in [1.54, 1.807) is 48.7 Å². The van der Waals surface area contributed by atoms with Crippen molar-refractivity contribution in [2.24, 2.45) is 0 Å². The van der Waals surface area contributed by atoms with Crippen LogP contribution in [0.1, 0.15) is 26.3 Å². The summed E-state index contributed by atoms with van der Waals surface area (Å²) in [5.41, 5.74) is 2.45. The highest BCUT2D eigenvalue weighted by molar-refractivity contribution is 6.04. The molecule has 0 fully saturated rings. The van der Waals surface area contributed by atoms with Crippen molar-refractivity contribution in [1.82, 2.24) is 9.88 Å². The normalized spacial score (nSPS) is 10.5. The van der Waals surface area contributed by atoms with Crippen molar-refractivity contribution in [3.63, 3.8) is 0 Å². The third kappa shape index (κ3) is 5.01. The summed E-state index contributed by atoms with van der Waals surface area (Å²) in [5, 5.41) is 5.47. The van der Waals surface area contributed by atoms with E-state index < -0.39 is 11.5 Å². The number of anilines is 1. The highest BCUT2D eigenvalue weighted by atomic mass is 16.5. The standard InChI is InChI=1S/C23H23N3O4/c1-16-5-7-17(8-6-16)21(27)25-18-9-11-19(12-10-18)26-14-3-4-20(23(26)29)22(28)24-13-15-30-2/h3-12,14H,13,15H2,1-2H3,(H,24,28)(H,25,27). The first kappa shape index (κ1) is 21.0. The van der Waals surface area contributed by atoms with E-state index in [4.69, 9.17) is 4.74 Å². The Hall–Kier alpha value is -3.71. The molecule has 0 unspecified atom stereocenters. The van der Waals surface area contributed by atoms with Crippen molar-refractivity contribution in [2.45, 2.75) is 6.92 Å². The Kier molecular flexibility index (Phi) is 6.77. The summed E-state index contributed by atoms with van der Waals surface area (Å²) < 4.78 is 6.28. The number of hydrogen-bond donors (Lipinski definition) is 2. The van der Waals surface area contributed by atoms with Gasteiger partial charge in [0, 0.05) is 36.8 Å². The monoisotopic (exact) mass is 405 g/mol. The van der Waals surface area contributed by atoms with Gasteiger partial charge in [0.15, 0.2) is 0 Å². The average molecular weight is 405 g/mol. The lowest BCUT2D eigenvalue weighted by molar-refractivity contribution is 0.0934. The minimum absolute atomic E-state index is 0.0466. The zero-order valence-electron chi connectivity index (χ0n) is 16.8. The van der Waals surface area contributed by atoms with Crippen LogP contribution in [0, 0.1) is 6.92 Å². The molecule has 0 aliphatic carbocycles. The molecule has 0 bridgehead atoms. The second-order valence-electron chi connectivity index (χ2n) is 6.71. The number of carbonyl (C=O) groups is 2. The molecule has 2 aromatic carbocycles. The van der Waals surface area contributed by atoms with E-state index in [-0.39, 0.29) is 11.5 Å². The lowest BCUT2D eigenvalue weighted by Gasteiger charge is -2.10. The fourth-order valence-corrected chi connectivity index (χ4v) is 2.85. The Balaban J connectivity index is 1.75. The van der Waals surface area contributed by atoms with Crippen LogP contribution in [0.3, 0.4) is 0 Å². The topological polar surface area (TPSA) is 89.4 Å². The molecule has 3 rings (SSSR count). The van der Waals surface area contributed by atoms with Crippen LogP contribution >= 0.6 is 0 Å². The third-order valence-electron chi connectivity index (χ3n) is 4.50. The quantitative estimate of drug-likeness (QED) is 0.592. The van der Waals surface area contributed by atoms with Crippen LogP contribution in [0.5, 0.6) is 0 Å². The Labute approximate surface area is 174 Å². The molecular weight excluding hydrogens is 382 g/mol. The van der Waals surface area contributed by atoms with Crippen LogP contribution in [0.15, 0.2) is 71.7 Å². The lowest BCUT2D eigenvalue weighted by atomic mass is 10.1. The smallest absolute Gasteiger partial charge is 0.267 e. The number of rotatable bonds is 7. The summed E-state index contributed by atoms with van der Waals surface area (Å²) in [4.78, 5) is 37.3. The van der Waals surface area contributed by atoms with Crippen LogP contribution < -0.4 is 16.2 Å². The van der Waals surface area contributed by atoms with Crippen molar-refractivity contribution in [3.8, 4) is 5.69 Å². The van der Waals surface area contributed by atoms with Crippen LogP contribution in [0.25, 0.3) is 5.69 Å². The number of carbonyl (C=O) groups excluding carboxylic acids is 2. The minimum atomic E-state index is -0.451. The number of benzene rings is 2. The molecule has 2 N–H and O–H groups in total. The number of aromatic nitrogens is 1. The zero-order valence-corrected chi connectivity index (χ0v) is 16.8. The molecule has 1 aromatic heterocycles. The summed E-state index contributed by atoms with van der Waals surface area (Å²) >= 11 is 0. The van der Waals surface area contributed by atoms with Gasteiger partial charge in [0.25, 0.3) is 17.4 Å². The second-order valence-corrected chi connectivity index (χ2v) is 6.71. The number of pyridine rings is 1. The van der Waals surface area contributed by atoms with Crippen LogP contribution in [0.2, 0.25) is 0 Å². The second kappa shape index (κ2) is 9.67. The predicted octanol–water partition coefficient (Wildman–Crippen LogP) is 2.77. The Bertz CT molecular complexity index is 1090. The van der Waals surface area contributed by atoms with Crippen LogP contribution in [-0.4, -0.2) is 36.6 Å². The third-order valence-corrected chi connectivity index (χ3v) is 4.50. The van der Waals surface area contributed by atoms with Crippen molar-refractivity contribution >= 4 is 17.5 Å². The first-order valence-corrected chi connectivity index (χ1v) is 9.47. The van der Waals surface area contributed by atoms with Crippen molar-refractivity contribution < 1.29 is 14.3 Å². The van der Waals surface area contributed by atoms with Gasteiger partial charge in [0.1, 0.15) is 5.56 Å². The highest BCUT2D eigenvalue weighted by Gasteiger charge is 2.13. The Morgan fingerprint density at radius 3 is 2.33 bits per heavy atom. The van der Waals surface area contributed by atoms with Gasteiger partial charge in [-0.2, -0.15) is 0 Å². The SMILES string of the molecule is COCCNC(=O)c1cccn(-c2ccc(NC(=O)c3ccc(C)cc3)cc2)c1=O. The van der Waals surface area contributed by atoms with Gasteiger partial charge in [-0.3, -0.25) is 19.0 Å². The van der Waals surface area contributed by atoms with E-state index in [1.165, 1.54) is 17.7 Å². The molecule has 0 aliphatic heterocycles. The molecule has 154 valence electrons. The molecule has 0 atom stereocenters. The number of methoxy groups -OCH3 is 1. The molecule has 7 heteroatoms. The van der Waals surface area contributed by atoms with Crippen molar-refractivity contribution in [1.29, 1.82) is 0 Å².